The van der Waals surface area contributed by atoms with Gasteiger partial charge in [0.1, 0.15) is 0 Å². The largest absolute Gasteiger partial charge is 0.455 e. The summed E-state index contributed by atoms with van der Waals surface area (Å²) < 4.78 is 20.7. The van der Waals surface area contributed by atoms with E-state index in [0.717, 1.165) is 20.3 Å². The number of hydrogen-bond acceptors (Lipinski definition) is 8. The van der Waals surface area contributed by atoms with E-state index >= 15 is 0 Å². The van der Waals surface area contributed by atoms with E-state index in [9.17, 15) is 19.2 Å². The zero-order valence-corrected chi connectivity index (χ0v) is 16.6. The lowest BCUT2D eigenvalue weighted by Gasteiger charge is -2.33. The van der Waals surface area contributed by atoms with Crippen molar-refractivity contribution in [3.8, 4) is 0 Å². The Morgan fingerprint density at radius 2 is 1.37 bits per heavy atom. The molecule has 0 aliphatic carbocycles. The highest BCUT2D eigenvalue weighted by molar-refractivity contribution is 5.80. The summed E-state index contributed by atoms with van der Waals surface area (Å²) in [5.41, 5.74) is 5.32. The normalized spacial score (nSPS) is 16.7. The number of primary amides is 1. The zero-order valence-electron chi connectivity index (χ0n) is 16.6. The van der Waals surface area contributed by atoms with Crippen LogP contribution >= 0.6 is 0 Å². The number of nitrogens with two attached hydrogens (primary N) is 1. The highest BCUT2D eigenvalue weighted by Crippen LogP contribution is 2.20. The first-order chi connectivity index (χ1) is 12.5. The van der Waals surface area contributed by atoms with Gasteiger partial charge in [-0.1, -0.05) is 26.3 Å². The van der Waals surface area contributed by atoms with Gasteiger partial charge in [-0.2, -0.15) is 0 Å². The van der Waals surface area contributed by atoms with E-state index in [1.165, 1.54) is 20.1 Å². The fraction of sp³-hybridized carbons (Fsp3) is 0.667. The molecule has 0 fully saturated rings. The molecule has 9 nitrogen and oxygen atoms in total. The van der Waals surface area contributed by atoms with Crippen molar-refractivity contribution >= 4 is 23.8 Å². The summed E-state index contributed by atoms with van der Waals surface area (Å²) in [6.45, 7) is 7.33. The van der Waals surface area contributed by atoms with Crippen LogP contribution in [0.1, 0.15) is 41.0 Å². The van der Waals surface area contributed by atoms with Crippen molar-refractivity contribution in [2.75, 3.05) is 7.11 Å². The van der Waals surface area contributed by atoms with Crippen LogP contribution in [-0.2, 0) is 38.1 Å². The van der Waals surface area contributed by atoms with Crippen LogP contribution in [0.15, 0.2) is 12.2 Å². The molecule has 154 valence electrons. The van der Waals surface area contributed by atoms with Crippen LogP contribution < -0.4 is 5.73 Å². The van der Waals surface area contributed by atoms with Crippen LogP contribution in [0.5, 0.6) is 0 Å². The lowest BCUT2D eigenvalue weighted by atomic mass is 9.99. The molecule has 0 aromatic carbocycles. The summed E-state index contributed by atoms with van der Waals surface area (Å²) >= 11 is 0. The number of ether oxygens (including phenoxy) is 4. The second-order valence-electron chi connectivity index (χ2n) is 6.05. The molecule has 0 aliphatic rings. The Morgan fingerprint density at radius 1 is 0.889 bits per heavy atom. The Bertz CT molecular complexity index is 560. The second-order valence-corrected chi connectivity index (χ2v) is 6.05. The van der Waals surface area contributed by atoms with Crippen molar-refractivity contribution in [2.24, 2.45) is 11.7 Å². The molecule has 27 heavy (non-hydrogen) atoms. The van der Waals surface area contributed by atoms with Gasteiger partial charge in [0.25, 0.3) is 5.91 Å². The number of esters is 3. The lowest BCUT2D eigenvalue weighted by molar-refractivity contribution is -0.191. The SMILES string of the molecule is CCC(C)/C=C/[C@@H](OC(C)=O)[C@H](OC(C)=O)[C@@H](OC(C)=O)C(OC)C(N)=O. The summed E-state index contributed by atoms with van der Waals surface area (Å²) in [7, 11) is 1.19. The maximum atomic E-state index is 11.7. The van der Waals surface area contributed by atoms with Crippen molar-refractivity contribution in [1.29, 1.82) is 0 Å². The predicted octanol–water partition coefficient (Wildman–Crippen LogP) is 0.884. The minimum absolute atomic E-state index is 0.141. The molecular weight excluding hydrogens is 358 g/mol. The maximum absolute atomic E-state index is 11.7. The van der Waals surface area contributed by atoms with Gasteiger partial charge in [-0.15, -0.1) is 0 Å². The van der Waals surface area contributed by atoms with Gasteiger partial charge in [0.05, 0.1) is 0 Å². The Balaban J connectivity index is 6.12. The maximum Gasteiger partial charge on any atom is 0.303 e. The van der Waals surface area contributed by atoms with E-state index in [-0.39, 0.29) is 5.92 Å². The van der Waals surface area contributed by atoms with Gasteiger partial charge in [0.15, 0.2) is 24.4 Å². The molecule has 0 bridgehead atoms. The Hall–Kier alpha value is -2.42. The number of carbonyl (C=O) groups excluding carboxylic acids is 4. The molecule has 0 aliphatic heterocycles. The molecule has 0 rings (SSSR count). The molecule has 0 saturated carbocycles. The zero-order chi connectivity index (χ0) is 21.1. The first kappa shape index (κ1) is 24.6. The molecule has 0 aromatic heterocycles. The molecule has 0 saturated heterocycles. The van der Waals surface area contributed by atoms with Crippen LogP contribution in [0.2, 0.25) is 0 Å². The molecule has 2 unspecified atom stereocenters. The predicted molar refractivity (Wildman–Crippen MR) is 95.2 cm³/mol. The van der Waals surface area contributed by atoms with E-state index in [0.29, 0.717) is 0 Å². The quantitative estimate of drug-likeness (QED) is 0.314. The number of hydrogen-bond donors (Lipinski definition) is 1. The highest BCUT2D eigenvalue weighted by atomic mass is 16.6. The van der Waals surface area contributed by atoms with E-state index in [2.05, 4.69) is 0 Å². The standard InChI is InChI=1S/C18H29NO8/c1-7-10(2)8-9-14(25-11(3)20)15(26-12(4)21)16(27-13(5)22)17(24-6)18(19)23/h8-10,14-17H,7H2,1-6H3,(H2,19,23)/b9-8+/t10?,14-,15+,16-,17?/m1/s1. The first-order valence-electron chi connectivity index (χ1n) is 8.55. The Kier molecular flexibility index (Phi) is 11.0. The molecule has 0 radical (unpaired) electrons. The van der Waals surface area contributed by atoms with E-state index in [1.807, 2.05) is 13.8 Å². The second kappa shape index (κ2) is 12.1. The summed E-state index contributed by atoms with van der Waals surface area (Å²) in [4.78, 5) is 46.5. The van der Waals surface area contributed by atoms with Gasteiger partial charge in [-0.05, 0) is 12.0 Å². The minimum atomic E-state index is -1.42. The third kappa shape index (κ3) is 9.18. The van der Waals surface area contributed by atoms with Crippen molar-refractivity contribution in [3.05, 3.63) is 12.2 Å². The molecule has 0 spiro atoms. The average molecular weight is 387 g/mol. The van der Waals surface area contributed by atoms with Gasteiger partial charge >= 0.3 is 17.9 Å². The third-order valence-corrected chi connectivity index (χ3v) is 3.66. The van der Waals surface area contributed by atoms with Crippen molar-refractivity contribution in [3.63, 3.8) is 0 Å². The summed E-state index contributed by atoms with van der Waals surface area (Å²) in [6.07, 6.45) is -1.20. The van der Waals surface area contributed by atoms with Gasteiger partial charge in [-0.3, -0.25) is 19.2 Å². The topological polar surface area (TPSA) is 131 Å². The lowest BCUT2D eigenvalue weighted by Crippen LogP contribution is -2.54. The Morgan fingerprint density at radius 3 is 1.74 bits per heavy atom. The molecule has 1 amide bonds. The van der Waals surface area contributed by atoms with Crippen LogP contribution in [0.3, 0.4) is 0 Å². The summed E-state index contributed by atoms with van der Waals surface area (Å²) in [5.74, 6) is -2.94. The molecule has 5 atom stereocenters. The van der Waals surface area contributed by atoms with Gasteiger partial charge in [0, 0.05) is 27.9 Å². The number of amides is 1. The molecule has 0 heterocycles. The van der Waals surface area contributed by atoms with Crippen LogP contribution in [0, 0.1) is 5.92 Å². The van der Waals surface area contributed by atoms with Crippen molar-refractivity contribution < 1.29 is 38.1 Å². The molecule has 0 aromatic rings. The van der Waals surface area contributed by atoms with Crippen molar-refractivity contribution in [2.45, 2.75) is 65.5 Å². The molecular formula is C18H29NO8. The van der Waals surface area contributed by atoms with Gasteiger partial charge < -0.3 is 24.7 Å². The monoisotopic (exact) mass is 387 g/mol. The van der Waals surface area contributed by atoms with Crippen LogP contribution in [-0.4, -0.2) is 55.3 Å². The number of carbonyl (C=O) groups is 4. The summed E-state index contributed by atoms with van der Waals surface area (Å²) in [5, 5.41) is 0. The van der Waals surface area contributed by atoms with Crippen LogP contribution in [0.25, 0.3) is 0 Å². The fourth-order valence-electron chi connectivity index (χ4n) is 2.26. The molecule has 2 N–H and O–H groups in total. The average Bonchev–Trinajstić information content (AvgIpc) is 2.54. The van der Waals surface area contributed by atoms with Gasteiger partial charge in [-0.25, -0.2) is 0 Å². The van der Waals surface area contributed by atoms with Crippen LogP contribution in [0.4, 0.5) is 0 Å². The highest BCUT2D eigenvalue weighted by Gasteiger charge is 2.43. The summed E-state index contributed by atoms with van der Waals surface area (Å²) in [6, 6.07) is 0. The van der Waals surface area contributed by atoms with E-state index < -0.39 is 48.2 Å². The number of methoxy groups -OCH3 is 1. The Labute approximate surface area is 159 Å². The van der Waals surface area contributed by atoms with E-state index in [1.54, 1.807) is 6.08 Å². The fourth-order valence-corrected chi connectivity index (χ4v) is 2.26. The number of rotatable bonds is 11. The third-order valence-electron chi connectivity index (χ3n) is 3.66. The molecule has 9 heteroatoms. The van der Waals surface area contributed by atoms with E-state index in [4.69, 9.17) is 24.7 Å². The minimum Gasteiger partial charge on any atom is -0.455 e. The smallest absolute Gasteiger partial charge is 0.303 e. The number of allylic oxidation sites excluding steroid dienone is 1. The van der Waals surface area contributed by atoms with Gasteiger partial charge in [0.2, 0.25) is 0 Å². The van der Waals surface area contributed by atoms with Crippen molar-refractivity contribution in [1.82, 2.24) is 0 Å². The first-order valence-corrected chi connectivity index (χ1v) is 8.55.